The highest BCUT2D eigenvalue weighted by Gasteiger charge is 2.35. The maximum atomic E-state index is 12.5. The van der Waals surface area contributed by atoms with Crippen molar-refractivity contribution in [3.8, 4) is 11.5 Å². The van der Waals surface area contributed by atoms with E-state index in [9.17, 15) is 13.2 Å². The fourth-order valence-electron chi connectivity index (χ4n) is 3.12. The number of rotatable bonds is 5. The molecule has 0 saturated carbocycles. The Bertz CT molecular complexity index is 770. The second kappa shape index (κ2) is 8.02. The minimum Gasteiger partial charge on any atom is -0.486 e. The van der Waals surface area contributed by atoms with Crippen molar-refractivity contribution < 1.29 is 22.7 Å². The smallest absolute Gasteiger partial charge is 0.223 e. The summed E-state index contributed by atoms with van der Waals surface area (Å²) in [5.74, 6) is 0.607. The summed E-state index contributed by atoms with van der Waals surface area (Å²) >= 11 is 0. The molecule has 7 nitrogen and oxygen atoms in total. The van der Waals surface area contributed by atoms with Crippen LogP contribution >= 0.6 is 12.4 Å². The molecule has 1 aromatic carbocycles. The van der Waals surface area contributed by atoms with Crippen LogP contribution in [0.5, 0.6) is 11.5 Å². The van der Waals surface area contributed by atoms with Crippen LogP contribution in [0.1, 0.15) is 19.8 Å². The second-order valence-electron chi connectivity index (χ2n) is 6.95. The highest BCUT2D eigenvalue weighted by Crippen LogP contribution is 2.33. The van der Waals surface area contributed by atoms with Crippen molar-refractivity contribution in [1.82, 2.24) is 4.90 Å². The number of fused-ring (bicyclic) bond motifs is 1. The predicted molar refractivity (Wildman–Crippen MR) is 99.7 cm³/mol. The van der Waals surface area contributed by atoms with E-state index in [1.807, 2.05) is 6.92 Å². The summed E-state index contributed by atoms with van der Waals surface area (Å²) < 4.78 is 35.9. The highest BCUT2D eigenvalue weighted by molar-refractivity contribution is 7.91. The topological polar surface area (TPSA) is 98.9 Å². The third-order valence-corrected chi connectivity index (χ3v) is 6.57. The third kappa shape index (κ3) is 4.42. The first kappa shape index (κ1) is 20.8. The number of amides is 1. The maximum absolute atomic E-state index is 12.5. The number of sulfone groups is 1. The van der Waals surface area contributed by atoms with E-state index < -0.39 is 9.84 Å². The molecule has 0 spiro atoms. The lowest BCUT2D eigenvalue weighted by molar-refractivity contribution is -0.130. The molecular formula is C17H25ClN2O5S. The zero-order valence-corrected chi connectivity index (χ0v) is 16.4. The van der Waals surface area contributed by atoms with E-state index in [2.05, 4.69) is 0 Å². The van der Waals surface area contributed by atoms with Crippen LogP contribution in [-0.4, -0.2) is 57.8 Å². The average Bonchev–Trinajstić information content (AvgIpc) is 3.02. The van der Waals surface area contributed by atoms with Crippen LogP contribution in [-0.2, 0) is 14.6 Å². The molecule has 2 aliphatic rings. The number of nitrogens with two attached hydrogens (primary N) is 1. The molecule has 1 saturated heterocycles. The van der Waals surface area contributed by atoms with Gasteiger partial charge in [0.15, 0.2) is 21.3 Å². The number of carbonyl (C=O) groups excluding carboxylic acids is 1. The van der Waals surface area contributed by atoms with Gasteiger partial charge in [-0.2, -0.15) is 0 Å². The van der Waals surface area contributed by atoms with Gasteiger partial charge in [0.1, 0.15) is 13.2 Å². The molecule has 2 N–H and O–H groups in total. The molecule has 1 atom stereocenters. The van der Waals surface area contributed by atoms with E-state index in [1.165, 1.54) is 12.1 Å². The Morgan fingerprint density at radius 2 is 1.96 bits per heavy atom. The van der Waals surface area contributed by atoms with Gasteiger partial charge in [0.2, 0.25) is 5.91 Å². The number of ether oxygens (including phenoxy) is 2. The Morgan fingerprint density at radius 3 is 2.62 bits per heavy atom. The number of halogens is 1. The van der Waals surface area contributed by atoms with Crippen LogP contribution in [0.25, 0.3) is 0 Å². The number of carbonyl (C=O) groups is 1. The van der Waals surface area contributed by atoms with Crippen molar-refractivity contribution in [2.75, 3.05) is 38.6 Å². The lowest BCUT2D eigenvalue weighted by Crippen LogP contribution is -2.35. The number of hydrogen-bond donors (Lipinski definition) is 1. The van der Waals surface area contributed by atoms with Crippen LogP contribution in [0.3, 0.4) is 0 Å². The molecular weight excluding hydrogens is 380 g/mol. The van der Waals surface area contributed by atoms with Gasteiger partial charge in [-0.1, -0.05) is 6.92 Å². The zero-order chi connectivity index (χ0) is 18.1. The largest absolute Gasteiger partial charge is 0.486 e. The first-order valence-corrected chi connectivity index (χ1v) is 10.1. The first-order chi connectivity index (χ1) is 11.8. The van der Waals surface area contributed by atoms with Gasteiger partial charge < -0.3 is 20.1 Å². The van der Waals surface area contributed by atoms with Crippen molar-refractivity contribution >= 4 is 28.2 Å². The molecule has 2 aliphatic heterocycles. The summed E-state index contributed by atoms with van der Waals surface area (Å²) in [5.41, 5.74) is 5.68. The van der Waals surface area contributed by atoms with Crippen molar-refractivity contribution in [2.45, 2.75) is 24.7 Å². The van der Waals surface area contributed by atoms with Gasteiger partial charge in [0.25, 0.3) is 0 Å². The van der Waals surface area contributed by atoms with E-state index in [-0.39, 0.29) is 40.8 Å². The minimum absolute atomic E-state index is 0. The van der Waals surface area contributed by atoms with Crippen LogP contribution in [0.4, 0.5) is 0 Å². The van der Waals surface area contributed by atoms with Crippen molar-refractivity contribution in [3.05, 3.63) is 18.2 Å². The molecule has 146 valence electrons. The summed E-state index contributed by atoms with van der Waals surface area (Å²) in [5, 5.41) is 0. The molecule has 0 aromatic heterocycles. The monoisotopic (exact) mass is 404 g/mol. The van der Waals surface area contributed by atoms with E-state index in [0.717, 1.165) is 6.42 Å². The third-order valence-electron chi connectivity index (χ3n) is 4.86. The Hall–Kier alpha value is -1.51. The molecule has 0 radical (unpaired) electrons. The Kier molecular flexibility index (Phi) is 6.42. The molecule has 1 amide bonds. The van der Waals surface area contributed by atoms with Crippen LogP contribution in [0.2, 0.25) is 0 Å². The average molecular weight is 405 g/mol. The fraction of sp³-hybridized carbons (Fsp3) is 0.588. The SMILES string of the molecule is CC1(CN)CCN(C(=O)CCS(=O)(=O)c2ccc3c(c2)OCCO3)C1.Cl. The lowest BCUT2D eigenvalue weighted by atomic mass is 9.90. The van der Waals surface area contributed by atoms with Crippen molar-refractivity contribution in [3.63, 3.8) is 0 Å². The molecule has 1 fully saturated rings. The summed E-state index contributed by atoms with van der Waals surface area (Å²) in [7, 11) is -3.56. The van der Waals surface area contributed by atoms with Crippen molar-refractivity contribution in [2.24, 2.45) is 11.1 Å². The van der Waals surface area contributed by atoms with Gasteiger partial charge in [0, 0.05) is 25.6 Å². The van der Waals surface area contributed by atoms with Gasteiger partial charge in [-0.05, 0) is 30.5 Å². The van der Waals surface area contributed by atoms with E-state index >= 15 is 0 Å². The number of likely N-dealkylation sites (tertiary alicyclic amines) is 1. The molecule has 26 heavy (non-hydrogen) atoms. The summed E-state index contributed by atoms with van der Waals surface area (Å²) in [6, 6.07) is 4.56. The number of benzene rings is 1. The van der Waals surface area contributed by atoms with E-state index in [1.54, 1.807) is 11.0 Å². The molecule has 0 aliphatic carbocycles. The summed E-state index contributed by atoms with van der Waals surface area (Å²) in [6.07, 6.45) is 0.821. The second-order valence-corrected chi connectivity index (χ2v) is 9.06. The van der Waals surface area contributed by atoms with Crippen molar-refractivity contribution in [1.29, 1.82) is 0 Å². The Labute approximate surface area is 160 Å². The lowest BCUT2D eigenvalue weighted by Gasteiger charge is -2.22. The van der Waals surface area contributed by atoms with E-state index in [0.29, 0.717) is 44.3 Å². The van der Waals surface area contributed by atoms with Gasteiger partial charge in [-0.15, -0.1) is 12.4 Å². The molecule has 9 heteroatoms. The summed E-state index contributed by atoms with van der Waals surface area (Å²) in [4.78, 5) is 14.2. The molecule has 2 heterocycles. The zero-order valence-electron chi connectivity index (χ0n) is 14.8. The van der Waals surface area contributed by atoms with Crippen LogP contribution in [0.15, 0.2) is 23.1 Å². The molecule has 1 unspecified atom stereocenters. The maximum Gasteiger partial charge on any atom is 0.223 e. The van der Waals surface area contributed by atoms with Crippen LogP contribution in [0, 0.1) is 5.41 Å². The number of nitrogens with zero attached hydrogens (tertiary/aromatic N) is 1. The van der Waals surface area contributed by atoms with Gasteiger partial charge in [-0.3, -0.25) is 4.79 Å². The standard InChI is InChI=1S/C17H24N2O5S.ClH/c1-17(11-18)5-6-19(12-17)16(20)4-9-25(21,22)13-2-3-14-15(10-13)24-8-7-23-14;/h2-3,10H,4-9,11-12,18H2,1H3;1H. The quantitative estimate of drug-likeness (QED) is 0.792. The van der Waals surface area contributed by atoms with Gasteiger partial charge in [-0.25, -0.2) is 8.42 Å². The Morgan fingerprint density at radius 1 is 1.27 bits per heavy atom. The van der Waals surface area contributed by atoms with E-state index in [4.69, 9.17) is 15.2 Å². The Balaban J connectivity index is 0.00000243. The molecule has 3 rings (SSSR count). The van der Waals surface area contributed by atoms with Crippen LogP contribution < -0.4 is 15.2 Å². The first-order valence-electron chi connectivity index (χ1n) is 8.43. The molecule has 0 bridgehead atoms. The normalized spacial score (nSPS) is 22.0. The molecule has 1 aromatic rings. The minimum atomic E-state index is -3.56. The number of hydrogen-bond acceptors (Lipinski definition) is 6. The fourth-order valence-corrected chi connectivity index (χ4v) is 4.36. The van der Waals surface area contributed by atoms with Gasteiger partial charge >= 0.3 is 0 Å². The predicted octanol–water partition coefficient (Wildman–Crippen LogP) is 1.24. The van der Waals surface area contributed by atoms with Gasteiger partial charge in [0.05, 0.1) is 10.6 Å². The summed E-state index contributed by atoms with van der Waals surface area (Å²) in [6.45, 7) is 4.64. The highest BCUT2D eigenvalue weighted by atomic mass is 35.5.